The Balaban J connectivity index is 1.84. The summed E-state index contributed by atoms with van der Waals surface area (Å²) in [6, 6.07) is 7.59. The van der Waals surface area contributed by atoms with Crippen LogP contribution in [0, 0.1) is 23.7 Å². The van der Waals surface area contributed by atoms with Crippen molar-refractivity contribution < 1.29 is 19.1 Å². The molecule has 1 aliphatic rings. The molecule has 0 spiro atoms. The number of carbonyl (C=O) groups excluding carboxylic acids is 2. The number of hydrogen-bond acceptors (Lipinski definition) is 4. The van der Waals surface area contributed by atoms with Crippen molar-refractivity contribution >= 4 is 11.9 Å². The summed E-state index contributed by atoms with van der Waals surface area (Å²) in [6.07, 6.45) is 4.10. The minimum absolute atomic E-state index is 0.104. The fourth-order valence-electron chi connectivity index (χ4n) is 3.96. The number of hydrogen-bond donors (Lipinski definition) is 1. The summed E-state index contributed by atoms with van der Waals surface area (Å²) < 4.78 is 9.98. The van der Waals surface area contributed by atoms with Crippen molar-refractivity contribution in [2.24, 2.45) is 23.7 Å². The van der Waals surface area contributed by atoms with Crippen molar-refractivity contribution in [1.82, 2.24) is 5.32 Å². The fourth-order valence-corrected chi connectivity index (χ4v) is 3.96. The molecule has 0 aromatic heterocycles. The van der Waals surface area contributed by atoms with Crippen LogP contribution in [-0.2, 0) is 20.7 Å². The van der Waals surface area contributed by atoms with Crippen molar-refractivity contribution in [2.45, 2.75) is 46.5 Å². The van der Waals surface area contributed by atoms with Gasteiger partial charge in [0, 0.05) is 12.5 Å². The summed E-state index contributed by atoms with van der Waals surface area (Å²) in [5, 5.41) is 3.13. The molecule has 1 aromatic rings. The van der Waals surface area contributed by atoms with Gasteiger partial charge in [0.15, 0.2) is 6.61 Å². The van der Waals surface area contributed by atoms with E-state index in [2.05, 4.69) is 30.8 Å². The van der Waals surface area contributed by atoms with Crippen LogP contribution < -0.4 is 10.1 Å². The van der Waals surface area contributed by atoms with Crippen LogP contribution in [0.25, 0.3) is 0 Å². The number of carbonyl (C=O) groups is 2. The second-order valence-corrected chi connectivity index (χ2v) is 7.99. The van der Waals surface area contributed by atoms with E-state index in [1.54, 1.807) is 0 Å². The number of benzene rings is 1. The lowest BCUT2D eigenvalue weighted by Gasteiger charge is -2.36. The predicted octanol–water partition coefficient (Wildman–Crippen LogP) is 3.61. The van der Waals surface area contributed by atoms with Gasteiger partial charge in [-0.2, -0.15) is 0 Å². The van der Waals surface area contributed by atoms with Gasteiger partial charge in [-0.1, -0.05) is 39.3 Å². The Kier molecular flexibility index (Phi) is 8.14. The SMILES string of the molecule is COC(=O)COc1cccc(CCNC(=O)[C@@H]2CC(C)CC[C@H]2C(C)C)c1. The Morgan fingerprint density at radius 3 is 2.74 bits per heavy atom. The van der Waals surface area contributed by atoms with Crippen LogP contribution in [0.15, 0.2) is 24.3 Å². The molecule has 3 atom stereocenters. The summed E-state index contributed by atoms with van der Waals surface area (Å²) in [4.78, 5) is 23.9. The van der Waals surface area contributed by atoms with Gasteiger partial charge in [-0.05, 0) is 54.7 Å². The first-order valence-corrected chi connectivity index (χ1v) is 9.97. The maximum atomic E-state index is 12.7. The van der Waals surface area contributed by atoms with Crippen molar-refractivity contribution in [3.05, 3.63) is 29.8 Å². The molecule has 1 N–H and O–H groups in total. The molecule has 1 saturated carbocycles. The van der Waals surface area contributed by atoms with Crippen molar-refractivity contribution in [2.75, 3.05) is 20.3 Å². The third-order valence-electron chi connectivity index (χ3n) is 5.55. The second kappa shape index (κ2) is 10.3. The van der Waals surface area contributed by atoms with E-state index in [0.717, 1.165) is 24.8 Å². The number of amides is 1. The highest BCUT2D eigenvalue weighted by Crippen LogP contribution is 2.38. The molecular weight excluding hydrogens is 342 g/mol. The first kappa shape index (κ1) is 21.3. The molecule has 0 saturated heterocycles. The maximum Gasteiger partial charge on any atom is 0.343 e. The van der Waals surface area contributed by atoms with Crippen LogP contribution in [-0.4, -0.2) is 32.1 Å². The van der Waals surface area contributed by atoms with E-state index in [9.17, 15) is 9.59 Å². The molecule has 150 valence electrons. The van der Waals surface area contributed by atoms with E-state index in [4.69, 9.17) is 4.74 Å². The quantitative estimate of drug-likeness (QED) is 0.705. The average molecular weight is 376 g/mol. The minimum Gasteiger partial charge on any atom is -0.482 e. The van der Waals surface area contributed by atoms with Crippen LogP contribution in [0.1, 0.15) is 45.6 Å². The molecule has 1 aromatic carbocycles. The third kappa shape index (κ3) is 6.56. The van der Waals surface area contributed by atoms with Crippen LogP contribution in [0.5, 0.6) is 5.75 Å². The molecule has 5 heteroatoms. The molecular formula is C22H33NO4. The highest BCUT2D eigenvalue weighted by atomic mass is 16.6. The molecule has 0 bridgehead atoms. The van der Waals surface area contributed by atoms with E-state index < -0.39 is 5.97 Å². The smallest absolute Gasteiger partial charge is 0.343 e. The highest BCUT2D eigenvalue weighted by molar-refractivity contribution is 5.79. The number of methoxy groups -OCH3 is 1. The van der Waals surface area contributed by atoms with E-state index in [0.29, 0.717) is 30.0 Å². The Labute approximate surface area is 162 Å². The monoisotopic (exact) mass is 375 g/mol. The van der Waals surface area contributed by atoms with Gasteiger partial charge in [0.05, 0.1) is 7.11 Å². The third-order valence-corrected chi connectivity index (χ3v) is 5.55. The van der Waals surface area contributed by atoms with Gasteiger partial charge in [0.1, 0.15) is 5.75 Å². The number of esters is 1. The highest BCUT2D eigenvalue weighted by Gasteiger charge is 2.35. The summed E-state index contributed by atoms with van der Waals surface area (Å²) in [5.41, 5.74) is 1.06. The van der Waals surface area contributed by atoms with Crippen LogP contribution in [0.2, 0.25) is 0 Å². The van der Waals surface area contributed by atoms with Crippen LogP contribution in [0.3, 0.4) is 0 Å². The van der Waals surface area contributed by atoms with Gasteiger partial charge < -0.3 is 14.8 Å². The lowest BCUT2D eigenvalue weighted by atomic mass is 9.70. The normalized spacial score (nSPS) is 22.3. The molecule has 1 unspecified atom stereocenters. The number of nitrogens with one attached hydrogen (secondary N) is 1. The van der Waals surface area contributed by atoms with Gasteiger partial charge in [-0.15, -0.1) is 0 Å². The predicted molar refractivity (Wildman–Crippen MR) is 105 cm³/mol. The molecule has 0 aliphatic heterocycles. The molecule has 1 fully saturated rings. The molecule has 2 rings (SSSR count). The Morgan fingerprint density at radius 2 is 2.04 bits per heavy atom. The second-order valence-electron chi connectivity index (χ2n) is 7.99. The largest absolute Gasteiger partial charge is 0.482 e. The number of rotatable bonds is 8. The summed E-state index contributed by atoms with van der Waals surface area (Å²) in [6.45, 7) is 7.19. The van der Waals surface area contributed by atoms with Gasteiger partial charge in [-0.25, -0.2) is 4.79 Å². The maximum absolute atomic E-state index is 12.7. The molecule has 27 heavy (non-hydrogen) atoms. The van der Waals surface area contributed by atoms with Gasteiger partial charge in [-0.3, -0.25) is 4.79 Å². The zero-order valence-corrected chi connectivity index (χ0v) is 17.0. The van der Waals surface area contributed by atoms with Crippen molar-refractivity contribution in [1.29, 1.82) is 0 Å². The zero-order valence-electron chi connectivity index (χ0n) is 17.0. The van der Waals surface area contributed by atoms with Gasteiger partial charge >= 0.3 is 5.97 Å². The Hall–Kier alpha value is -2.04. The van der Waals surface area contributed by atoms with Crippen LogP contribution in [0.4, 0.5) is 0 Å². The van der Waals surface area contributed by atoms with Crippen LogP contribution >= 0.6 is 0 Å². The topological polar surface area (TPSA) is 64.6 Å². The first-order valence-electron chi connectivity index (χ1n) is 9.97. The van der Waals surface area contributed by atoms with Gasteiger partial charge in [0.2, 0.25) is 5.91 Å². The Bertz CT molecular complexity index is 628. The fraction of sp³-hybridized carbons (Fsp3) is 0.636. The molecule has 0 radical (unpaired) electrons. The van der Waals surface area contributed by atoms with E-state index in [1.807, 2.05) is 24.3 Å². The molecule has 5 nitrogen and oxygen atoms in total. The van der Waals surface area contributed by atoms with E-state index >= 15 is 0 Å². The van der Waals surface area contributed by atoms with Gasteiger partial charge in [0.25, 0.3) is 0 Å². The van der Waals surface area contributed by atoms with E-state index in [1.165, 1.54) is 13.5 Å². The standard InChI is InChI=1S/C22H33NO4/c1-15(2)19-9-8-16(3)12-20(19)22(25)23-11-10-17-6-5-7-18(13-17)27-14-21(24)26-4/h5-7,13,15-16,19-20H,8-12,14H2,1-4H3,(H,23,25)/t16?,19-,20+/m0/s1. The van der Waals surface area contributed by atoms with Crippen molar-refractivity contribution in [3.8, 4) is 5.75 Å². The lowest BCUT2D eigenvalue weighted by molar-refractivity contribution is -0.142. The summed E-state index contributed by atoms with van der Waals surface area (Å²) >= 11 is 0. The summed E-state index contributed by atoms with van der Waals surface area (Å²) in [5.74, 6) is 2.19. The van der Waals surface area contributed by atoms with E-state index in [-0.39, 0.29) is 18.4 Å². The molecule has 0 heterocycles. The van der Waals surface area contributed by atoms with Crippen molar-refractivity contribution in [3.63, 3.8) is 0 Å². The Morgan fingerprint density at radius 1 is 1.26 bits per heavy atom. The minimum atomic E-state index is -0.408. The molecule has 1 aliphatic carbocycles. The zero-order chi connectivity index (χ0) is 19.8. The first-order chi connectivity index (χ1) is 12.9. The summed E-state index contributed by atoms with van der Waals surface area (Å²) in [7, 11) is 1.34. The number of ether oxygens (including phenoxy) is 2. The average Bonchev–Trinajstić information content (AvgIpc) is 2.66. The molecule has 1 amide bonds. The lowest BCUT2D eigenvalue weighted by Crippen LogP contribution is -2.40.